The standard InChI is InChI=1S/C15H10N4O2/c1-19-13-9(5-3-7-17-13)11(15(19)21)10-8-4-2-6-16-12(8)18-14(10)20/h2-7,21H,1H3. The predicted octanol–water partition coefficient (Wildman–Crippen LogP) is 0.0327. The van der Waals surface area contributed by atoms with E-state index in [0.717, 1.165) is 0 Å². The maximum absolute atomic E-state index is 12.3. The molecule has 0 atom stereocenters. The van der Waals surface area contributed by atoms with Crippen LogP contribution in [0.3, 0.4) is 0 Å². The van der Waals surface area contributed by atoms with Crippen LogP contribution in [0.5, 0.6) is 5.88 Å². The monoisotopic (exact) mass is 278 g/mol. The Hall–Kier alpha value is -3.02. The zero-order chi connectivity index (χ0) is 14.6. The molecule has 4 heterocycles. The summed E-state index contributed by atoms with van der Waals surface area (Å²) in [5, 5.41) is 11.8. The number of hydrogen-bond acceptors (Lipinski definition) is 4. The molecule has 0 aromatic carbocycles. The van der Waals surface area contributed by atoms with Crippen LogP contribution in [0.2, 0.25) is 0 Å². The molecule has 3 aromatic heterocycles. The molecule has 4 rings (SSSR count). The Bertz CT molecular complexity index is 1030. The average molecular weight is 278 g/mol. The summed E-state index contributed by atoms with van der Waals surface area (Å²) in [6, 6.07) is 7.12. The molecule has 1 amide bonds. The van der Waals surface area contributed by atoms with E-state index in [1.807, 2.05) is 6.07 Å². The number of nitrogens with zero attached hydrogens (tertiary/aromatic N) is 4. The van der Waals surface area contributed by atoms with Crippen LogP contribution in [0.1, 0.15) is 5.56 Å². The highest BCUT2D eigenvalue weighted by Gasteiger charge is 2.26. The van der Waals surface area contributed by atoms with E-state index >= 15 is 0 Å². The molecule has 0 radical (unpaired) electrons. The predicted molar refractivity (Wildman–Crippen MR) is 74.9 cm³/mol. The fraction of sp³-hybridized carbons (Fsp3) is 0.0667. The van der Waals surface area contributed by atoms with Gasteiger partial charge in [-0.2, -0.15) is 4.99 Å². The van der Waals surface area contributed by atoms with E-state index in [9.17, 15) is 9.90 Å². The van der Waals surface area contributed by atoms with E-state index in [1.165, 1.54) is 0 Å². The molecule has 6 nitrogen and oxygen atoms in total. The summed E-state index contributed by atoms with van der Waals surface area (Å²) in [6.07, 6.45) is 3.23. The summed E-state index contributed by atoms with van der Waals surface area (Å²) in [5.74, 6) is -0.394. The molecule has 102 valence electrons. The van der Waals surface area contributed by atoms with E-state index in [0.29, 0.717) is 32.9 Å². The van der Waals surface area contributed by atoms with Crippen molar-refractivity contribution in [3.8, 4) is 5.88 Å². The van der Waals surface area contributed by atoms with E-state index in [-0.39, 0.29) is 5.88 Å². The minimum atomic E-state index is -0.393. The molecule has 0 bridgehead atoms. The maximum Gasteiger partial charge on any atom is 0.280 e. The molecule has 0 saturated heterocycles. The van der Waals surface area contributed by atoms with E-state index in [4.69, 9.17) is 0 Å². The SMILES string of the molecule is Cn1c(O)c(C2=c3cccnc3=NC2=O)c2cccnc21. The molecule has 21 heavy (non-hydrogen) atoms. The van der Waals surface area contributed by atoms with Gasteiger partial charge < -0.3 is 5.11 Å². The van der Waals surface area contributed by atoms with Gasteiger partial charge in [0.15, 0.2) is 5.49 Å². The molecular weight excluding hydrogens is 268 g/mol. The van der Waals surface area contributed by atoms with Crippen molar-refractivity contribution in [1.29, 1.82) is 0 Å². The van der Waals surface area contributed by atoms with Crippen LogP contribution in [0.4, 0.5) is 0 Å². The molecule has 0 spiro atoms. The van der Waals surface area contributed by atoms with Gasteiger partial charge in [-0.05, 0) is 24.3 Å². The number of aromatic nitrogens is 3. The first-order chi connectivity index (χ1) is 10.2. The van der Waals surface area contributed by atoms with Crippen molar-refractivity contribution in [2.45, 2.75) is 0 Å². The van der Waals surface area contributed by atoms with Crippen molar-refractivity contribution in [2.24, 2.45) is 12.0 Å². The van der Waals surface area contributed by atoms with Gasteiger partial charge in [0.1, 0.15) is 5.65 Å². The number of rotatable bonds is 1. The lowest BCUT2D eigenvalue weighted by atomic mass is 10.0. The summed E-state index contributed by atoms with van der Waals surface area (Å²) in [6.45, 7) is 0. The molecule has 0 aliphatic carbocycles. The van der Waals surface area contributed by atoms with Gasteiger partial charge in [-0.25, -0.2) is 9.97 Å². The van der Waals surface area contributed by atoms with E-state index in [1.54, 1.807) is 42.2 Å². The maximum atomic E-state index is 12.3. The Balaban J connectivity index is 2.22. The van der Waals surface area contributed by atoms with E-state index < -0.39 is 5.91 Å². The average Bonchev–Trinajstić information content (AvgIpc) is 2.95. The second kappa shape index (κ2) is 3.99. The number of carbonyl (C=O) groups excluding carboxylic acids is 1. The van der Waals surface area contributed by atoms with Crippen molar-refractivity contribution >= 4 is 22.5 Å². The minimum Gasteiger partial charge on any atom is -0.494 e. The van der Waals surface area contributed by atoms with Crippen molar-refractivity contribution in [1.82, 2.24) is 14.5 Å². The van der Waals surface area contributed by atoms with Gasteiger partial charge >= 0.3 is 0 Å². The van der Waals surface area contributed by atoms with Gasteiger partial charge in [0.2, 0.25) is 5.88 Å². The van der Waals surface area contributed by atoms with Crippen LogP contribution >= 0.6 is 0 Å². The van der Waals surface area contributed by atoms with Crippen molar-refractivity contribution in [3.05, 3.63) is 52.9 Å². The number of amides is 1. The van der Waals surface area contributed by atoms with Crippen LogP contribution in [0.25, 0.3) is 16.6 Å². The normalized spacial score (nSPS) is 13.6. The number of carbonyl (C=O) groups is 1. The molecule has 0 fully saturated rings. The number of hydrogen-bond donors (Lipinski definition) is 1. The second-order valence-electron chi connectivity index (χ2n) is 4.80. The van der Waals surface area contributed by atoms with Crippen LogP contribution in [0.15, 0.2) is 41.7 Å². The fourth-order valence-electron chi connectivity index (χ4n) is 2.68. The first kappa shape index (κ1) is 11.8. The van der Waals surface area contributed by atoms with E-state index in [2.05, 4.69) is 15.0 Å². The Kier molecular flexibility index (Phi) is 2.24. The van der Waals surface area contributed by atoms with Gasteiger partial charge in [0.25, 0.3) is 5.91 Å². The zero-order valence-electron chi connectivity index (χ0n) is 11.1. The highest BCUT2D eigenvalue weighted by atomic mass is 16.3. The largest absolute Gasteiger partial charge is 0.494 e. The lowest BCUT2D eigenvalue weighted by Gasteiger charge is -2.00. The number of aromatic hydroxyl groups is 1. The molecule has 1 N–H and O–H groups in total. The molecule has 1 aliphatic rings. The van der Waals surface area contributed by atoms with Gasteiger partial charge in [-0.3, -0.25) is 9.36 Å². The summed E-state index contributed by atoms with van der Waals surface area (Å²) in [5.41, 5.74) is 1.83. The molecule has 0 saturated carbocycles. The number of fused-ring (bicyclic) bond motifs is 2. The molecular formula is C15H10N4O2. The molecule has 3 aromatic rings. The Morgan fingerprint density at radius 1 is 1.14 bits per heavy atom. The first-order valence-electron chi connectivity index (χ1n) is 6.39. The summed E-state index contributed by atoms with van der Waals surface area (Å²) < 4.78 is 1.55. The third-order valence-corrected chi connectivity index (χ3v) is 3.64. The van der Waals surface area contributed by atoms with Crippen LogP contribution in [-0.4, -0.2) is 25.5 Å². The van der Waals surface area contributed by atoms with Gasteiger partial charge in [0.05, 0.1) is 11.1 Å². The summed E-state index contributed by atoms with van der Waals surface area (Å²) in [4.78, 5) is 24.5. The van der Waals surface area contributed by atoms with Gasteiger partial charge in [-0.1, -0.05) is 0 Å². The van der Waals surface area contributed by atoms with Crippen molar-refractivity contribution in [3.63, 3.8) is 0 Å². The van der Waals surface area contributed by atoms with Crippen molar-refractivity contribution in [2.75, 3.05) is 0 Å². The molecule has 1 aliphatic heterocycles. The number of pyridine rings is 2. The lowest BCUT2D eigenvalue weighted by Crippen LogP contribution is -2.25. The molecule has 0 unspecified atom stereocenters. The van der Waals surface area contributed by atoms with Gasteiger partial charge in [-0.15, -0.1) is 0 Å². The highest BCUT2D eigenvalue weighted by molar-refractivity contribution is 6.24. The van der Waals surface area contributed by atoms with Crippen LogP contribution in [0, 0.1) is 0 Å². The Morgan fingerprint density at radius 3 is 2.76 bits per heavy atom. The zero-order valence-corrected chi connectivity index (χ0v) is 11.1. The van der Waals surface area contributed by atoms with Crippen molar-refractivity contribution < 1.29 is 9.90 Å². The topological polar surface area (TPSA) is 80.4 Å². The summed E-state index contributed by atoms with van der Waals surface area (Å²) >= 11 is 0. The summed E-state index contributed by atoms with van der Waals surface area (Å²) in [7, 11) is 1.70. The van der Waals surface area contributed by atoms with Gasteiger partial charge in [0, 0.05) is 30.0 Å². The number of aryl methyl sites for hydroxylation is 1. The Morgan fingerprint density at radius 2 is 1.90 bits per heavy atom. The first-order valence-corrected chi connectivity index (χ1v) is 6.39. The third kappa shape index (κ3) is 1.47. The van der Waals surface area contributed by atoms with Crippen LogP contribution < -0.4 is 10.7 Å². The molecule has 6 heteroatoms. The quantitative estimate of drug-likeness (QED) is 0.681. The minimum absolute atomic E-state index is 0.000969. The fourth-order valence-corrected chi connectivity index (χ4v) is 2.68. The third-order valence-electron chi connectivity index (χ3n) is 3.64. The van der Waals surface area contributed by atoms with Crippen LogP contribution in [-0.2, 0) is 11.8 Å². The lowest BCUT2D eigenvalue weighted by molar-refractivity contribution is -0.112. The Labute approximate surface area is 118 Å². The second-order valence-corrected chi connectivity index (χ2v) is 4.80. The smallest absolute Gasteiger partial charge is 0.280 e. The highest BCUT2D eigenvalue weighted by Crippen LogP contribution is 2.34.